The zero-order valence-electron chi connectivity index (χ0n) is 12.6. The Labute approximate surface area is 128 Å². The molecule has 6 nitrogen and oxygen atoms in total. The Balaban J connectivity index is 1.57. The average Bonchev–Trinajstić information content (AvgIpc) is 3.07. The molecular formula is C16H18N4O2. The van der Waals surface area contributed by atoms with Crippen molar-refractivity contribution in [2.24, 2.45) is 7.05 Å². The zero-order valence-corrected chi connectivity index (χ0v) is 12.6. The molecule has 0 unspecified atom stereocenters. The summed E-state index contributed by atoms with van der Waals surface area (Å²) in [6.45, 7) is 2.75. The number of hydrogen-bond donors (Lipinski definition) is 2. The van der Waals surface area contributed by atoms with Gasteiger partial charge < -0.3 is 19.6 Å². The molecule has 3 rings (SSSR count). The van der Waals surface area contributed by atoms with Crippen molar-refractivity contribution in [2.75, 3.05) is 0 Å². The summed E-state index contributed by atoms with van der Waals surface area (Å²) >= 11 is 0. The van der Waals surface area contributed by atoms with Crippen molar-refractivity contribution in [3.8, 4) is 0 Å². The third-order valence-electron chi connectivity index (χ3n) is 3.54. The van der Waals surface area contributed by atoms with Crippen LogP contribution in [0.5, 0.6) is 0 Å². The van der Waals surface area contributed by atoms with Gasteiger partial charge in [0.25, 0.3) is 0 Å². The molecule has 0 saturated carbocycles. The Hall–Kier alpha value is -2.76. The number of carbonyl (C=O) groups is 1. The van der Waals surface area contributed by atoms with Crippen LogP contribution in [0.1, 0.15) is 17.0 Å². The molecule has 2 aromatic heterocycles. The summed E-state index contributed by atoms with van der Waals surface area (Å²) in [5, 5.41) is 6.64. The molecular weight excluding hydrogens is 280 g/mol. The first-order valence-corrected chi connectivity index (χ1v) is 7.09. The van der Waals surface area contributed by atoms with E-state index in [0.717, 1.165) is 28.0 Å². The molecule has 114 valence electrons. The molecule has 0 atom stereocenters. The summed E-state index contributed by atoms with van der Waals surface area (Å²) in [5.74, 6) is 0.772. The normalized spacial score (nSPS) is 10.8. The minimum absolute atomic E-state index is 0.245. The smallest absolute Gasteiger partial charge is 0.315 e. The van der Waals surface area contributed by atoms with Crippen LogP contribution in [0.15, 0.2) is 41.2 Å². The lowest BCUT2D eigenvalue weighted by Crippen LogP contribution is -2.34. The second kappa shape index (κ2) is 5.93. The van der Waals surface area contributed by atoms with Crippen molar-refractivity contribution < 1.29 is 9.21 Å². The SMILES string of the molecule is Cc1c(CNC(=O)NCc2cn(C)cn2)oc2ccccc12. The zero-order chi connectivity index (χ0) is 15.5. The number of nitrogens with zero attached hydrogens (tertiary/aromatic N) is 2. The lowest BCUT2D eigenvalue weighted by Gasteiger charge is -2.05. The molecule has 0 aliphatic carbocycles. The van der Waals surface area contributed by atoms with Crippen LogP contribution in [-0.4, -0.2) is 15.6 Å². The molecule has 0 saturated heterocycles. The predicted octanol–water partition coefficient (Wildman–Crippen LogP) is 2.47. The number of para-hydroxylation sites is 1. The molecule has 3 aromatic rings. The van der Waals surface area contributed by atoms with Crippen LogP contribution >= 0.6 is 0 Å². The summed E-state index contributed by atoms with van der Waals surface area (Å²) in [6.07, 6.45) is 3.57. The molecule has 1 aromatic carbocycles. The second-order valence-corrected chi connectivity index (χ2v) is 5.21. The average molecular weight is 298 g/mol. The molecule has 0 spiro atoms. The minimum atomic E-state index is -0.245. The van der Waals surface area contributed by atoms with E-state index in [2.05, 4.69) is 15.6 Å². The first-order chi connectivity index (χ1) is 10.6. The van der Waals surface area contributed by atoms with E-state index in [4.69, 9.17) is 4.42 Å². The maximum Gasteiger partial charge on any atom is 0.315 e. The van der Waals surface area contributed by atoms with Gasteiger partial charge in [-0.05, 0) is 13.0 Å². The van der Waals surface area contributed by atoms with Crippen molar-refractivity contribution in [2.45, 2.75) is 20.0 Å². The van der Waals surface area contributed by atoms with Crippen molar-refractivity contribution in [1.82, 2.24) is 20.2 Å². The van der Waals surface area contributed by atoms with Crippen molar-refractivity contribution in [3.63, 3.8) is 0 Å². The van der Waals surface area contributed by atoms with Gasteiger partial charge in [-0.1, -0.05) is 18.2 Å². The molecule has 0 aliphatic heterocycles. The lowest BCUT2D eigenvalue weighted by atomic mass is 10.1. The van der Waals surface area contributed by atoms with E-state index < -0.39 is 0 Å². The van der Waals surface area contributed by atoms with Crippen LogP contribution < -0.4 is 10.6 Å². The van der Waals surface area contributed by atoms with E-state index >= 15 is 0 Å². The van der Waals surface area contributed by atoms with E-state index in [1.807, 2.05) is 49.0 Å². The van der Waals surface area contributed by atoms with Crippen LogP contribution in [0.25, 0.3) is 11.0 Å². The van der Waals surface area contributed by atoms with Crippen LogP contribution in [0.4, 0.5) is 4.79 Å². The molecule has 0 radical (unpaired) electrons. The fourth-order valence-electron chi connectivity index (χ4n) is 2.35. The molecule has 22 heavy (non-hydrogen) atoms. The number of urea groups is 1. The number of benzene rings is 1. The quantitative estimate of drug-likeness (QED) is 0.777. The lowest BCUT2D eigenvalue weighted by molar-refractivity contribution is 0.239. The molecule has 0 aliphatic rings. The Bertz CT molecular complexity index is 803. The first-order valence-electron chi connectivity index (χ1n) is 7.09. The van der Waals surface area contributed by atoms with Gasteiger partial charge >= 0.3 is 6.03 Å². The highest BCUT2D eigenvalue weighted by Gasteiger charge is 2.10. The molecule has 2 N–H and O–H groups in total. The topological polar surface area (TPSA) is 72.1 Å². The summed E-state index contributed by atoms with van der Waals surface area (Å²) < 4.78 is 7.60. The minimum Gasteiger partial charge on any atom is -0.459 e. The molecule has 6 heteroatoms. The van der Waals surface area contributed by atoms with Crippen molar-refractivity contribution in [1.29, 1.82) is 0 Å². The Morgan fingerprint density at radius 2 is 2.05 bits per heavy atom. The standard InChI is InChI=1S/C16H18N4O2/c1-11-13-5-3-4-6-14(13)22-15(11)8-18-16(21)17-7-12-9-20(2)10-19-12/h3-6,9-10H,7-8H2,1-2H3,(H2,17,18,21). The Morgan fingerprint density at radius 1 is 1.27 bits per heavy atom. The fourth-order valence-corrected chi connectivity index (χ4v) is 2.35. The van der Waals surface area contributed by atoms with Crippen molar-refractivity contribution in [3.05, 3.63) is 53.8 Å². The van der Waals surface area contributed by atoms with Gasteiger partial charge in [-0.2, -0.15) is 0 Å². The first kappa shape index (κ1) is 14.2. The van der Waals surface area contributed by atoms with E-state index in [1.54, 1.807) is 6.33 Å². The molecule has 2 heterocycles. The third kappa shape index (κ3) is 2.95. The molecule has 0 bridgehead atoms. The fraction of sp³-hybridized carbons (Fsp3) is 0.250. The number of rotatable bonds is 4. The highest BCUT2D eigenvalue weighted by molar-refractivity contribution is 5.82. The molecule has 0 fully saturated rings. The highest BCUT2D eigenvalue weighted by atomic mass is 16.3. The number of imidazole rings is 1. The number of amides is 2. The summed E-state index contributed by atoms with van der Waals surface area (Å²) in [4.78, 5) is 16.0. The molecule has 2 amide bonds. The van der Waals surface area contributed by atoms with Gasteiger partial charge in [0.15, 0.2) is 0 Å². The van der Waals surface area contributed by atoms with Gasteiger partial charge in [0, 0.05) is 24.2 Å². The maximum absolute atomic E-state index is 11.8. The number of carbonyl (C=O) groups excluding carboxylic acids is 1. The van der Waals surface area contributed by atoms with E-state index in [0.29, 0.717) is 13.1 Å². The maximum atomic E-state index is 11.8. The number of fused-ring (bicyclic) bond motifs is 1. The number of aromatic nitrogens is 2. The summed E-state index contributed by atoms with van der Waals surface area (Å²) in [7, 11) is 1.89. The number of aryl methyl sites for hydroxylation is 2. The number of furan rings is 1. The summed E-state index contributed by atoms with van der Waals surface area (Å²) in [6, 6.07) is 7.60. The van der Waals surface area contributed by atoms with Crippen molar-refractivity contribution >= 4 is 17.0 Å². The van der Waals surface area contributed by atoms with Gasteiger partial charge in [0.05, 0.1) is 25.1 Å². The highest BCUT2D eigenvalue weighted by Crippen LogP contribution is 2.24. The largest absolute Gasteiger partial charge is 0.459 e. The second-order valence-electron chi connectivity index (χ2n) is 5.21. The van der Waals surface area contributed by atoms with Crippen LogP contribution in [0.2, 0.25) is 0 Å². The van der Waals surface area contributed by atoms with Crippen LogP contribution in [0.3, 0.4) is 0 Å². The van der Waals surface area contributed by atoms with Gasteiger partial charge in [-0.15, -0.1) is 0 Å². The van der Waals surface area contributed by atoms with Crippen LogP contribution in [-0.2, 0) is 20.1 Å². The van der Waals surface area contributed by atoms with E-state index in [-0.39, 0.29) is 6.03 Å². The summed E-state index contributed by atoms with van der Waals surface area (Å²) in [5.41, 5.74) is 2.71. The van der Waals surface area contributed by atoms with Gasteiger partial charge in [-0.3, -0.25) is 0 Å². The predicted molar refractivity (Wildman–Crippen MR) is 83.2 cm³/mol. The Kier molecular flexibility index (Phi) is 3.82. The van der Waals surface area contributed by atoms with Gasteiger partial charge in [-0.25, -0.2) is 9.78 Å². The number of hydrogen-bond acceptors (Lipinski definition) is 3. The van der Waals surface area contributed by atoms with Crippen LogP contribution in [0, 0.1) is 6.92 Å². The van der Waals surface area contributed by atoms with E-state index in [1.165, 1.54) is 0 Å². The Morgan fingerprint density at radius 3 is 2.77 bits per heavy atom. The number of nitrogens with one attached hydrogen (secondary N) is 2. The van der Waals surface area contributed by atoms with Gasteiger partial charge in [0.2, 0.25) is 0 Å². The monoisotopic (exact) mass is 298 g/mol. The third-order valence-corrected chi connectivity index (χ3v) is 3.54. The van der Waals surface area contributed by atoms with Gasteiger partial charge in [0.1, 0.15) is 11.3 Å². The van der Waals surface area contributed by atoms with E-state index in [9.17, 15) is 4.79 Å².